The molecule has 0 aliphatic rings. The number of aromatic carboxylic acids is 1. The van der Waals surface area contributed by atoms with Crippen LogP contribution in [0.1, 0.15) is 27.7 Å². The summed E-state index contributed by atoms with van der Waals surface area (Å²) in [7, 11) is 0. The first-order valence-electron chi connectivity index (χ1n) is 4.82. The van der Waals surface area contributed by atoms with Gasteiger partial charge in [-0.05, 0) is 31.4 Å². The number of hydrogen-bond donors (Lipinski definition) is 1. The van der Waals surface area contributed by atoms with Crippen molar-refractivity contribution in [3.8, 4) is 0 Å². The fraction of sp³-hybridized carbons (Fsp3) is 0.300. The van der Waals surface area contributed by atoms with Crippen molar-refractivity contribution in [2.24, 2.45) is 0 Å². The maximum absolute atomic E-state index is 10.8. The van der Waals surface area contributed by atoms with Crippen LogP contribution in [0.3, 0.4) is 0 Å². The third-order valence-corrected chi connectivity index (χ3v) is 3.99. The van der Waals surface area contributed by atoms with E-state index in [0.717, 1.165) is 10.2 Å². The van der Waals surface area contributed by atoms with Gasteiger partial charge >= 0.3 is 5.97 Å². The summed E-state index contributed by atoms with van der Waals surface area (Å²) < 4.78 is 10.3. The largest absolute Gasteiger partial charge is 0.478 e. The average Bonchev–Trinajstić information content (AvgIpc) is 2.82. The van der Waals surface area contributed by atoms with E-state index < -0.39 is 5.97 Å². The fourth-order valence-corrected chi connectivity index (χ4v) is 2.82. The van der Waals surface area contributed by atoms with Crippen LogP contribution in [0.2, 0.25) is 0 Å². The van der Waals surface area contributed by atoms with Gasteiger partial charge in [-0.1, -0.05) is 11.8 Å². The number of carboxylic acid groups (broad SMARTS) is 1. The maximum Gasteiger partial charge on any atom is 0.339 e. The van der Waals surface area contributed by atoms with E-state index in [1.165, 1.54) is 23.3 Å². The Morgan fingerprint density at radius 3 is 2.88 bits per heavy atom. The van der Waals surface area contributed by atoms with E-state index in [2.05, 4.69) is 9.36 Å². The number of furan rings is 1. The summed E-state index contributed by atoms with van der Waals surface area (Å²) in [5.74, 6) is 1.41. The Labute approximate surface area is 106 Å². The molecule has 2 heterocycles. The summed E-state index contributed by atoms with van der Waals surface area (Å²) in [6.45, 7) is 3.48. The van der Waals surface area contributed by atoms with E-state index in [-0.39, 0.29) is 5.56 Å². The van der Waals surface area contributed by atoms with Crippen LogP contribution in [0, 0.1) is 13.8 Å². The Morgan fingerprint density at radius 2 is 2.35 bits per heavy atom. The molecule has 0 aromatic carbocycles. The number of aryl methyl sites for hydroxylation is 2. The third kappa shape index (κ3) is 2.86. The van der Waals surface area contributed by atoms with Crippen molar-refractivity contribution < 1.29 is 14.3 Å². The number of nitrogens with zero attached hydrogens (tertiary/aromatic N) is 2. The number of carboxylic acids is 1. The van der Waals surface area contributed by atoms with Crippen molar-refractivity contribution in [3.63, 3.8) is 0 Å². The van der Waals surface area contributed by atoms with Gasteiger partial charge in [0.15, 0.2) is 4.34 Å². The Balaban J connectivity index is 2.04. The molecule has 0 unspecified atom stereocenters. The molecule has 0 amide bonds. The molecule has 2 rings (SSSR count). The van der Waals surface area contributed by atoms with Crippen LogP contribution in [0.5, 0.6) is 0 Å². The Bertz CT molecular complexity index is 547. The van der Waals surface area contributed by atoms with Gasteiger partial charge in [0.25, 0.3) is 0 Å². The highest BCUT2D eigenvalue weighted by atomic mass is 32.2. The van der Waals surface area contributed by atoms with Crippen LogP contribution in [0.25, 0.3) is 0 Å². The standard InChI is InChI=1S/C10H10N2O3S2/c1-5-8(9(13)14)3-7(15-5)4-16-10-11-6(2)12-17-10/h3H,4H2,1-2H3,(H,13,14). The molecule has 0 radical (unpaired) electrons. The van der Waals surface area contributed by atoms with E-state index in [4.69, 9.17) is 9.52 Å². The van der Waals surface area contributed by atoms with E-state index >= 15 is 0 Å². The predicted octanol–water partition coefficient (Wildman–Crippen LogP) is 2.74. The molecule has 90 valence electrons. The molecule has 2 aromatic rings. The summed E-state index contributed by atoms with van der Waals surface area (Å²) in [6.07, 6.45) is 0. The number of aromatic nitrogens is 2. The second kappa shape index (κ2) is 4.89. The predicted molar refractivity (Wildman–Crippen MR) is 64.6 cm³/mol. The van der Waals surface area contributed by atoms with Crippen LogP contribution < -0.4 is 0 Å². The highest BCUT2D eigenvalue weighted by Crippen LogP contribution is 2.26. The van der Waals surface area contributed by atoms with E-state index in [1.807, 2.05) is 6.92 Å². The second-order valence-electron chi connectivity index (χ2n) is 3.38. The van der Waals surface area contributed by atoms with Crippen LogP contribution in [0.4, 0.5) is 0 Å². The lowest BCUT2D eigenvalue weighted by molar-refractivity contribution is 0.0695. The van der Waals surface area contributed by atoms with Crippen LogP contribution in [-0.4, -0.2) is 20.4 Å². The zero-order chi connectivity index (χ0) is 12.4. The molecule has 0 aliphatic carbocycles. The molecule has 0 saturated carbocycles. The Kier molecular flexibility index (Phi) is 3.49. The van der Waals surface area contributed by atoms with Crippen molar-refractivity contribution in [3.05, 3.63) is 29.0 Å². The lowest BCUT2D eigenvalue weighted by atomic mass is 10.2. The summed E-state index contributed by atoms with van der Waals surface area (Å²) in [6, 6.07) is 1.55. The summed E-state index contributed by atoms with van der Waals surface area (Å²) in [5.41, 5.74) is 0.217. The molecule has 5 nitrogen and oxygen atoms in total. The van der Waals surface area contributed by atoms with Crippen molar-refractivity contribution >= 4 is 29.3 Å². The minimum atomic E-state index is -0.964. The summed E-state index contributed by atoms with van der Waals surface area (Å²) in [5, 5.41) is 8.88. The minimum absolute atomic E-state index is 0.217. The quantitative estimate of drug-likeness (QED) is 0.861. The van der Waals surface area contributed by atoms with Gasteiger partial charge in [-0.3, -0.25) is 0 Å². The molecular weight excluding hydrogens is 260 g/mol. The lowest BCUT2D eigenvalue weighted by Crippen LogP contribution is -1.94. The van der Waals surface area contributed by atoms with E-state index in [9.17, 15) is 4.79 Å². The number of thioether (sulfide) groups is 1. The SMILES string of the molecule is Cc1nsc(SCc2cc(C(=O)O)c(C)o2)n1. The Morgan fingerprint density at radius 1 is 1.59 bits per heavy atom. The van der Waals surface area contributed by atoms with Crippen molar-refractivity contribution in [1.29, 1.82) is 0 Å². The number of rotatable bonds is 4. The zero-order valence-corrected chi connectivity index (χ0v) is 10.9. The first kappa shape index (κ1) is 12.1. The molecule has 7 heteroatoms. The molecule has 0 atom stereocenters. The van der Waals surface area contributed by atoms with Gasteiger partial charge < -0.3 is 9.52 Å². The molecule has 0 aliphatic heterocycles. The van der Waals surface area contributed by atoms with Crippen molar-refractivity contribution in [2.45, 2.75) is 23.9 Å². The van der Waals surface area contributed by atoms with Crippen molar-refractivity contribution in [1.82, 2.24) is 9.36 Å². The van der Waals surface area contributed by atoms with Gasteiger partial charge in [0.2, 0.25) is 0 Å². The normalized spacial score (nSPS) is 10.7. The van der Waals surface area contributed by atoms with Gasteiger partial charge in [-0.2, -0.15) is 4.37 Å². The highest BCUT2D eigenvalue weighted by Gasteiger charge is 2.14. The first-order chi connectivity index (χ1) is 8.06. The number of carbonyl (C=O) groups is 1. The maximum atomic E-state index is 10.8. The minimum Gasteiger partial charge on any atom is -0.478 e. The monoisotopic (exact) mass is 270 g/mol. The van der Waals surface area contributed by atoms with Gasteiger partial charge in [-0.25, -0.2) is 9.78 Å². The molecule has 1 N–H and O–H groups in total. The third-order valence-electron chi connectivity index (χ3n) is 2.05. The highest BCUT2D eigenvalue weighted by molar-refractivity contribution is 8.00. The average molecular weight is 270 g/mol. The smallest absolute Gasteiger partial charge is 0.339 e. The van der Waals surface area contributed by atoms with Gasteiger partial charge in [0, 0.05) is 0 Å². The topological polar surface area (TPSA) is 76.2 Å². The molecular formula is C10H10N2O3S2. The summed E-state index contributed by atoms with van der Waals surface area (Å²) in [4.78, 5) is 15.0. The van der Waals surface area contributed by atoms with Gasteiger partial charge in [-0.15, -0.1) is 0 Å². The first-order valence-corrected chi connectivity index (χ1v) is 6.58. The van der Waals surface area contributed by atoms with Crippen molar-refractivity contribution in [2.75, 3.05) is 0 Å². The van der Waals surface area contributed by atoms with Crippen LogP contribution in [0.15, 0.2) is 14.8 Å². The van der Waals surface area contributed by atoms with Crippen LogP contribution >= 0.6 is 23.3 Å². The van der Waals surface area contributed by atoms with E-state index in [1.54, 1.807) is 13.0 Å². The second-order valence-corrected chi connectivity index (χ2v) is 5.36. The lowest BCUT2D eigenvalue weighted by Gasteiger charge is -1.92. The molecule has 0 bridgehead atoms. The van der Waals surface area contributed by atoms with Gasteiger partial charge in [0.1, 0.15) is 22.9 Å². The Hall–Kier alpha value is -1.34. The number of hydrogen-bond acceptors (Lipinski definition) is 6. The van der Waals surface area contributed by atoms with Crippen LogP contribution in [-0.2, 0) is 5.75 Å². The molecule has 17 heavy (non-hydrogen) atoms. The molecule has 0 fully saturated rings. The van der Waals surface area contributed by atoms with E-state index in [0.29, 0.717) is 17.3 Å². The van der Waals surface area contributed by atoms with Gasteiger partial charge in [0.05, 0.1) is 5.75 Å². The molecule has 0 spiro atoms. The summed E-state index contributed by atoms with van der Waals surface area (Å²) >= 11 is 2.82. The zero-order valence-electron chi connectivity index (χ0n) is 9.26. The molecule has 2 aromatic heterocycles. The fourth-order valence-electron chi connectivity index (χ4n) is 1.30. The molecule has 0 saturated heterocycles.